The van der Waals surface area contributed by atoms with Gasteiger partial charge in [-0.25, -0.2) is 4.39 Å². The molecule has 76 valence electrons. The molecule has 0 radical (unpaired) electrons. The van der Waals surface area contributed by atoms with Gasteiger partial charge in [0.05, 0.1) is 5.69 Å². The van der Waals surface area contributed by atoms with Gasteiger partial charge in [0.25, 0.3) is 0 Å². The van der Waals surface area contributed by atoms with Crippen LogP contribution in [0.15, 0.2) is 48.5 Å². The van der Waals surface area contributed by atoms with Crippen molar-refractivity contribution in [3.63, 3.8) is 0 Å². The third kappa shape index (κ3) is 2.34. The van der Waals surface area contributed by atoms with Crippen molar-refractivity contribution in [3.8, 4) is 0 Å². The van der Waals surface area contributed by atoms with Crippen LogP contribution in [0.3, 0.4) is 0 Å². The topological polar surface area (TPSA) is 12.0 Å². The van der Waals surface area contributed by atoms with Gasteiger partial charge in [0.15, 0.2) is 0 Å². The Morgan fingerprint density at radius 3 is 2.47 bits per heavy atom. The maximum Gasteiger partial charge on any atom is 0.146 e. The third-order valence-corrected chi connectivity index (χ3v) is 2.17. The monoisotopic (exact) mass is 201 g/mol. The molecular weight excluding hydrogens is 189 g/mol. The van der Waals surface area contributed by atoms with Crippen LogP contribution in [0.1, 0.15) is 5.56 Å². The molecule has 0 aromatic heterocycles. The van der Waals surface area contributed by atoms with Crippen molar-refractivity contribution in [2.75, 3.05) is 5.32 Å². The molecule has 0 aliphatic rings. The van der Waals surface area contributed by atoms with E-state index >= 15 is 0 Å². The summed E-state index contributed by atoms with van der Waals surface area (Å²) in [5.74, 6) is -0.232. The van der Waals surface area contributed by atoms with E-state index in [1.165, 1.54) is 6.07 Å². The van der Waals surface area contributed by atoms with Crippen molar-refractivity contribution in [1.29, 1.82) is 0 Å². The summed E-state index contributed by atoms with van der Waals surface area (Å²) < 4.78 is 13.4. The average Bonchev–Trinajstić information content (AvgIpc) is 2.25. The molecule has 1 nitrogen and oxygen atoms in total. The predicted molar refractivity (Wildman–Crippen MR) is 60.9 cm³/mol. The van der Waals surface area contributed by atoms with Crippen LogP contribution in [0.2, 0.25) is 0 Å². The zero-order valence-corrected chi connectivity index (χ0v) is 8.50. The Morgan fingerprint density at radius 2 is 1.73 bits per heavy atom. The van der Waals surface area contributed by atoms with Gasteiger partial charge in [-0.3, -0.25) is 0 Å². The molecule has 2 rings (SSSR count). The van der Waals surface area contributed by atoms with E-state index in [9.17, 15) is 4.39 Å². The van der Waals surface area contributed by atoms with E-state index in [1.807, 2.05) is 37.3 Å². The lowest BCUT2D eigenvalue weighted by molar-refractivity contribution is 0.631. The van der Waals surface area contributed by atoms with Gasteiger partial charge >= 0.3 is 0 Å². The van der Waals surface area contributed by atoms with E-state index in [4.69, 9.17) is 0 Å². The summed E-state index contributed by atoms with van der Waals surface area (Å²) in [5, 5.41) is 3.04. The van der Waals surface area contributed by atoms with Crippen LogP contribution in [0.4, 0.5) is 15.8 Å². The fourth-order valence-electron chi connectivity index (χ4n) is 1.41. The van der Waals surface area contributed by atoms with Gasteiger partial charge in [-0.05, 0) is 36.8 Å². The maximum atomic E-state index is 13.4. The molecule has 2 heteroatoms. The van der Waals surface area contributed by atoms with Crippen LogP contribution < -0.4 is 5.32 Å². The minimum Gasteiger partial charge on any atom is -0.353 e. The summed E-state index contributed by atoms with van der Waals surface area (Å²) in [7, 11) is 0. The van der Waals surface area contributed by atoms with E-state index in [2.05, 4.69) is 5.32 Å². The lowest BCUT2D eigenvalue weighted by Gasteiger charge is -2.07. The lowest BCUT2D eigenvalue weighted by Crippen LogP contribution is -1.93. The fourth-order valence-corrected chi connectivity index (χ4v) is 1.41. The van der Waals surface area contributed by atoms with Gasteiger partial charge in [0, 0.05) is 5.69 Å². The number of anilines is 2. The minimum absolute atomic E-state index is 0.232. The van der Waals surface area contributed by atoms with E-state index in [0.717, 1.165) is 11.3 Å². The van der Waals surface area contributed by atoms with Crippen LogP contribution in [-0.4, -0.2) is 0 Å². The predicted octanol–water partition coefficient (Wildman–Crippen LogP) is 3.88. The molecular formula is C13H12FN. The second-order valence-corrected chi connectivity index (χ2v) is 3.47. The first-order chi connectivity index (χ1) is 7.25. The van der Waals surface area contributed by atoms with Crippen LogP contribution in [0.25, 0.3) is 0 Å². The summed E-state index contributed by atoms with van der Waals surface area (Å²) in [6.45, 7) is 1.94. The number of hydrogen-bond donors (Lipinski definition) is 1. The van der Waals surface area contributed by atoms with Crippen molar-refractivity contribution in [2.45, 2.75) is 6.92 Å². The Kier molecular flexibility index (Phi) is 2.68. The molecule has 0 fully saturated rings. The molecule has 0 atom stereocenters. The first kappa shape index (κ1) is 9.71. The number of hydrogen-bond acceptors (Lipinski definition) is 1. The largest absolute Gasteiger partial charge is 0.353 e. The smallest absolute Gasteiger partial charge is 0.146 e. The van der Waals surface area contributed by atoms with Crippen molar-refractivity contribution >= 4 is 11.4 Å². The molecule has 0 aliphatic heterocycles. The van der Waals surface area contributed by atoms with Crippen LogP contribution in [0, 0.1) is 12.7 Å². The number of para-hydroxylation sites is 1. The highest BCUT2D eigenvalue weighted by molar-refractivity contribution is 5.60. The number of rotatable bonds is 2. The van der Waals surface area contributed by atoms with Crippen molar-refractivity contribution in [3.05, 3.63) is 59.9 Å². The average molecular weight is 201 g/mol. The summed E-state index contributed by atoms with van der Waals surface area (Å²) in [5.41, 5.74) is 2.44. The highest BCUT2D eigenvalue weighted by Gasteiger charge is 2.01. The van der Waals surface area contributed by atoms with Crippen LogP contribution in [0.5, 0.6) is 0 Å². The maximum absolute atomic E-state index is 13.4. The zero-order valence-electron chi connectivity index (χ0n) is 8.50. The van der Waals surface area contributed by atoms with Crippen molar-refractivity contribution < 1.29 is 4.39 Å². The van der Waals surface area contributed by atoms with E-state index in [1.54, 1.807) is 12.1 Å². The van der Waals surface area contributed by atoms with E-state index < -0.39 is 0 Å². The highest BCUT2D eigenvalue weighted by Crippen LogP contribution is 2.20. The van der Waals surface area contributed by atoms with Gasteiger partial charge in [-0.2, -0.15) is 0 Å². The standard InChI is InChI=1S/C13H12FN/c1-10-7-8-12(14)13(9-10)15-11-5-3-2-4-6-11/h2-9,15H,1H3. The quantitative estimate of drug-likeness (QED) is 0.777. The Balaban J connectivity index is 2.28. The lowest BCUT2D eigenvalue weighted by atomic mass is 10.2. The third-order valence-electron chi connectivity index (χ3n) is 2.17. The van der Waals surface area contributed by atoms with E-state index in [-0.39, 0.29) is 5.82 Å². The molecule has 0 amide bonds. The molecule has 0 spiro atoms. The summed E-state index contributed by atoms with van der Waals surface area (Å²) in [6.07, 6.45) is 0. The van der Waals surface area contributed by atoms with Crippen molar-refractivity contribution in [2.24, 2.45) is 0 Å². The summed E-state index contributed by atoms with van der Waals surface area (Å²) in [4.78, 5) is 0. The van der Waals surface area contributed by atoms with E-state index in [0.29, 0.717) is 5.69 Å². The fraction of sp³-hybridized carbons (Fsp3) is 0.0769. The van der Waals surface area contributed by atoms with Crippen LogP contribution in [-0.2, 0) is 0 Å². The van der Waals surface area contributed by atoms with Gasteiger partial charge in [-0.1, -0.05) is 24.3 Å². The second kappa shape index (κ2) is 4.13. The molecule has 2 aromatic carbocycles. The Hall–Kier alpha value is -1.83. The molecule has 0 unspecified atom stereocenters. The highest BCUT2D eigenvalue weighted by atomic mass is 19.1. The Morgan fingerprint density at radius 1 is 1.00 bits per heavy atom. The van der Waals surface area contributed by atoms with Crippen LogP contribution >= 0.6 is 0 Å². The SMILES string of the molecule is Cc1ccc(F)c(Nc2ccccc2)c1. The molecule has 2 aromatic rings. The van der Waals surface area contributed by atoms with Crippen molar-refractivity contribution in [1.82, 2.24) is 0 Å². The molecule has 1 N–H and O–H groups in total. The number of halogens is 1. The molecule has 0 saturated heterocycles. The number of aryl methyl sites for hydroxylation is 1. The molecule has 0 saturated carbocycles. The second-order valence-electron chi connectivity index (χ2n) is 3.47. The van der Waals surface area contributed by atoms with Gasteiger partial charge in [-0.15, -0.1) is 0 Å². The zero-order chi connectivity index (χ0) is 10.7. The summed E-state index contributed by atoms with van der Waals surface area (Å²) >= 11 is 0. The van der Waals surface area contributed by atoms with Gasteiger partial charge in [0.1, 0.15) is 5.82 Å². The molecule has 0 aliphatic carbocycles. The Bertz CT molecular complexity index is 451. The number of nitrogens with one attached hydrogen (secondary N) is 1. The first-order valence-electron chi connectivity index (χ1n) is 4.84. The molecule has 0 bridgehead atoms. The van der Waals surface area contributed by atoms with Gasteiger partial charge < -0.3 is 5.32 Å². The Labute approximate surface area is 88.6 Å². The van der Waals surface area contributed by atoms with Gasteiger partial charge in [0.2, 0.25) is 0 Å². The minimum atomic E-state index is -0.232. The molecule has 15 heavy (non-hydrogen) atoms. The first-order valence-corrected chi connectivity index (χ1v) is 4.84. The summed E-state index contributed by atoms with van der Waals surface area (Å²) in [6, 6.07) is 14.6. The number of benzene rings is 2. The molecule has 0 heterocycles. The normalized spacial score (nSPS) is 10.0.